The zero-order chi connectivity index (χ0) is 18.3. The molecule has 1 aliphatic heterocycles. The van der Waals surface area contributed by atoms with Crippen molar-refractivity contribution in [3.05, 3.63) is 35.9 Å². The van der Waals surface area contributed by atoms with E-state index < -0.39 is 5.60 Å². The summed E-state index contributed by atoms with van der Waals surface area (Å²) in [5.41, 5.74) is 0.787. The second kappa shape index (κ2) is 9.20. The Labute approximate surface area is 151 Å². The van der Waals surface area contributed by atoms with E-state index in [-0.39, 0.29) is 18.7 Å². The normalized spacial score (nSPS) is 17.4. The number of rotatable bonds is 6. The third-order valence-electron chi connectivity index (χ3n) is 4.51. The lowest BCUT2D eigenvalue weighted by molar-refractivity contribution is 0.0183. The summed E-state index contributed by atoms with van der Waals surface area (Å²) in [6.45, 7) is 8.16. The zero-order valence-electron chi connectivity index (χ0n) is 15.7. The van der Waals surface area contributed by atoms with E-state index in [9.17, 15) is 9.90 Å². The molecule has 5 heteroatoms. The molecule has 2 N–H and O–H groups in total. The minimum absolute atomic E-state index is 0.0753. The maximum atomic E-state index is 12.1. The maximum Gasteiger partial charge on any atom is 0.410 e. The number of nitrogens with zero attached hydrogens (tertiary/aromatic N) is 1. The maximum absolute atomic E-state index is 12.1. The molecule has 1 saturated heterocycles. The Morgan fingerprint density at radius 3 is 2.48 bits per heavy atom. The van der Waals surface area contributed by atoms with E-state index in [0.29, 0.717) is 5.92 Å². The van der Waals surface area contributed by atoms with Gasteiger partial charge in [0, 0.05) is 19.1 Å². The zero-order valence-corrected chi connectivity index (χ0v) is 15.7. The molecule has 1 amide bonds. The molecule has 0 radical (unpaired) electrons. The quantitative estimate of drug-likeness (QED) is 0.830. The smallest absolute Gasteiger partial charge is 0.410 e. The number of ether oxygens (including phenoxy) is 1. The molecule has 1 aromatic carbocycles. The van der Waals surface area contributed by atoms with Gasteiger partial charge in [0.05, 0.1) is 6.61 Å². The molecular formula is C20H32N2O3. The molecule has 0 aromatic heterocycles. The number of likely N-dealkylation sites (tertiary alicyclic amines) is 1. The average Bonchev–Trinajstić information content (AvgIpc) is 2.58. The predicted octanol–water partition coefficient (Wildman–Crippen LogP) is 2.83. The largest absolute Gasteiger partial charge is 0.444 e. The van der Waals surface area contributed by atoms with Crippen LogP contribution >= 0.6 is 0 Å². The number of piperidine rings is 1. The third kappa shape index (κ3) is 7.04. The van der Waals surface area contributed by atoms with Gasteiger partial charge in [0.1, 0.15) is 5.60 Å². The Morgan fingerprint density at radius 1 is 1.28 bits per heavy atom. The van der Waals surface area contributed by atoms with Crippen molar-refractivity contribution < 1.29 is 14.6 Å². The summed E-state index contributed by atoms with van der Waals surface area (Å²) in [5.74, 6) is 0.531. The van der Waals surface area contributed by atoms with Crippen molar-refractivity contribution in [3.8, 4) is 0 Å². The highest BCUT2D eigenvalue weighted by molar-refractivity contribution is 5.68. The Hall–Kier alpha value is -1.59. The molecule has 0 aliphatic carbocycles. The lowest BCUT2D eigenvalue weighted by Gasteiger charge is -2.34. The van der Waals surface area contributed by atoms with E-state index >= 15 is 0 Å². The molecule has 140 valence electrons. The van der Waals surface area contributed by atoms with Crippen LogP contribution < -0.4 is 5.32 Å². The van der Waals surface area contributed by atoms with Crippen molar-refractivity contribution in [1.29, 1.82) is 0 Å². The monoisotopic (exact) mass is 348 g/mol. The number of nitrogens with one attached hydrogen (secondary N) is 1. The van der Waals surface area contributed by atoms with Gasteiger partial charge >= 0.3 is 6.09 Å². The fourth-order valence-electron chi connectivity index (χ4n) is 3.08. The van der Waals surface area contributed by atoms with Crippen molar-refractivity contribution in [2.45, 2.75) is 51.7 Å². The number of amides is 1. The molecule has 25 heavy (non-hydrogen) atoms. The summed E-state index contributed by atoms with van der Waals surface area (Å²) in [6, 6.07) is 10.3. The number of aliphatic hydroxyl groups is 1. The van der Waals surface area contributed by atoms with E-state index in [2.05, 4.69) is 17.4 Å². The molecular weight excluding hydrogens is 316 g/mol. The van der Waals surface area contributed by atoms with Crippen LogP contribution in [-0.4, -0.2) is 54.0 Å². The summed E-state index contributed by atoms with van der Waals surface area (Å²) in [5, 5.41) is 13.1. The highest BCUT2D eigenvalue weighted by Crippen LogP contribution is 2.19. The van der Waals surface area contributed by atoms with Gasteiger partial charge in [-0.15, -0.1) is 0 Å². The van der Waals surface area contributed by atoms with Gasteiger partial charge in [0.25, 0.3) is 0 Å². The molecule has 0 spiro atoms. The Bertz CT molecular complexity index is 519. The second-order valence-corrected chi connectivity index (χ2v) is 7.89. The van der Waals surface area contributed by atoms with Crippen molar-refractivity contribution in [3.63, 3.8) is 0 Å². The lowest BCUT2D eigenvalue weighted by atomic mass is 9.96. The molecule has 0 saturated carbocycles. The van der Waals surface area contributed by atoms with Crippen LogP contribution in [0.15, 0.2) is 30.3 Å². The summed E-state index contributed by atoms with van der Waals surface area (Å²) in [7, 11) is 0. The van der Waals surface area contributed by atoms with Crippen molar-refractivity contribution in [1.82, 2.24) is 10.2 Å². The third-order valence-corrected chi connectivity index (χ3v) is 4.51. The molecule has 5 nitrogen and oxygen atoms in total. The van der Waals surface area contributed by atoms with Crippen LogP contribution in [0.1, 0.15) is 39.2 Å². The topological polar surface area (TPSA) is 61.8 Å². The van der Waals surface area contributed by atoms with E-state index in [0.717, 1.165) is 38.9 Å². The molecule has 1 atom stereocenters. The summed E-state index contributed by atoms with van der Waals surface area (Å²) in [6.07, 6.45) is 2.55. The van der Waals surface area contributed by atoms with E-state index in [1.165, 1.54) is 5.56 Å². The number of aliphatic hydroxyl groups excluding tert-OH is 1. The first kappa shape index (κ1) is 19.7. The van der Waals surface area contributed by atoms with Gasteiger partial charge in [-0.2, -0.15) is 0 Å². The summed E-state index contributed by atoms with van der Waals surface area (Å²) < 4.78 is 5.43. The number of carbonyl (C=O) groups excluding carboxylic acids is 1. The van der Waals surface area contributed by atoms with Crippen LogP contribution in [0.25, 0.3) is 0 Å². The van der Waals surface area contributed by atoms with Gasteiger partial charge in [-0.05, 0) is 58.1 Å². The van der Waals surface area contributed by atoms with Crippen LogP contribution in [0.2, 0.25) is 0 Å². The highest BCUT2D eigenvalue weighted by Gasteiger charge is 2.27. The van der Waals surface area contributed by atoms with Crippen molar-refractivity contribution in [2.75, 3.05) is 26.2 Å². The predicted molar refractivity (Wildman–Crippen MR) is 99.6 cm³/mol. The summed E-state index contributed by atoms with van der Waals surface area (Å²) in [4.78, 5) is 13.9. The van der Waals surface area contributed by atoms with Gasteiger partial charge in [-0.25, -0.2) is 4.79 Å². The molecule has 1 aliphatic rings. The first-order valence-corrected chi connectivity index (χ1v) is 9.23. The Balaban J connectivity index is 1.71. The van der Waals surface area contributed by atoms with E-state index in [1.807, 2.05) is 39.0 Å². The number of carbonyl (C=O) groups is 1. The van der Waals surface area contributed by atoms with E-state index in [1.54, 1.807) is 4.90 Å². The first-order chi connectivity index (χ1) is 11.9. The standard InChI is InChI=1S/C20H32N2O3/c1-20(2,3)25-19(24)22-11-9-17(10-12-22)14-21-18(15-23)13-16-7-5-4-6-8-16/h4-8,17-18,21,23H,9-15H2,1-3H3. The SMILES string of the molecule is CC(C)(C)OC(=O)N1CCC(CNC(CO)Cc2ccccc2)CC1. The van der Waals surface area contributed by atoms with Crippen LogP contribution in [0.3, 0.4) is 0 Å². The lowest BCUT2D eigenvalue weighted by Crippen LogP contribution is -2.45. The van der Waals surface area contributed by atoms with Crippen LogP contribution in [0.5, 0.6) is 0 Å². The molecule has 1 aromatic rings. The Kier molecular flexibility index (Phi) is 7.26. The fraction of sp³-hybridized carbons (Fsp3) is 0.650. The average molecular weight is 348 g/mol. The van der Waals surface area contributed by atoms with Crippen molar-refractivity contribution >= 4 is 6.09 Å². The van der Waals surface area contributed by atoms with Gasteiger partial charge in [0.15, 0.2) is 0 Å². The first-order valence-electron chi connectivity index (χ1n) is 9.23. The summed E-state index contributed by atoms with van der Waals surface area (Å²) >= 11 is 0. The van der Waals surface area contributed by atoms with Crippen LogP contribution in [0.4, 0.5) is 4.79 Å². The number of hydrogen-bond acceptors (Lipinski definition) is 4. The van der Waals surface area contributed by atoms with Gasteiger partial charge in [-0.3, -0.25) is 0 Å². The van der Waals surface area contributed by atoms with Crippen molar-refractivity contribution in [2.24, 2.45) is 5.92 Å². The molecule has 1 fully saturated rings. The minimum atomic E-state index is -0.443. The highest BCUT2D eigenvalue weighted by atomic mass is 16.6. The second-order valence-electron chi connectivity index (χ2n) is 7.89. The van der Waals surface area contributed by atoms with Gasteiger partial charge < -0.3 is 20.1 Å². The molecule has 0 bridgehead atoms. The van der Waals surface area contributed by atoms with Crippen LogP contribution in [-0.2, 0) is 11.2 Å². The van der Waals surface area contributed by atoms with Gasteiger partial charge in [-0.1, -0.05) is 30.3 Å². The fourth-order valence-corrected chi connectivity index (χ4v) is 3.08. The van der Waals surface area contributed by atoms with E-state index in [4.69, 9.17) is 4.74 Å². The number of hydrogen-bond donors (Lipinski definition) is 2. The number of benzene rings is 1. The molecule has 2 rings (SSSR count). The van der Waals surface area contributed by atoms with Crippen LogP contribution in [0, 0.1) is 5.92 Å². The minimum Gasteiger partial charge on any atom is -0.444 e. The Morgan fingerprint density at radius 2 is 1.92 bits per heavy atom. The molecule has 1 heterocycles. The van der Waals surface area contributed by atoms with Gasteiger partial charge in [0.2, 0.25) is 0 Å². The molecule has 1 unspecified atom stereocenters.